The maximum absolute atomic E-state index is 11.6. The number of nitrogens with zero attached hydrogens (tertiary/aromatic N) is 2. The number of hydrogen-bond donors (Lipinski definition) is 1. The van der Waals surface area contributed by atoms with Crippen LogP contribution in [0.4, 0.5) is 0 Å². The first kappa shape index (κ1) is 20.9. The van der Waals surface area contributed by atoms with Gasteiger partial charge in [-0.25, -0.2) is 4.98 Å². The molecule has 0 spiro atoms. The fourth-order valence-corrected chi connectivity index (χ4v) is 3.48. The zero-order chi connectivity index (χ0) is 20.5. The monoisotopic (exact) mass is 393 g/mol. The Morgan fingerprint density at radius 3 is 2.72 bits per heavy atom. The second-order valence-electron chi connectivity index (χ2n) is 7.34. The first-order chi connectivity index (χ1) is 14.2. The zero-order valence-electron chi connectivity index (χ0n) is 17.5. The van der Waals surface area contributed by atoms with Gasteiger partial charge in [0.1, 0.15) is 11.6 Å². The first-order valence-electron chi connectivity index (χ1n) is 10.6. The number of rotatable bonds is 11. The minimum Gasteiger partial charge on any atom is -0.493 e. The van der Waals surface area contributed by atoms with E-state index in [1.54, 1.807) is 0 Å². The Kier molecular flexibility index (Phi) is 7.68. The van der Waals surface area contributed by atoms with E-state index in [4.69, 9.17) is 9.72 Å². The third-order valence-electron chi connectivity index (χ3n) is 4.99. The topological polar surface area (TPSA) is 56.2 Å². The van der Waals surface area contributed by atoms with Crippen molar-refractivity contribution in [2.45, 2.75) is 52.5 Å². The number of hydrogen-bond acceptors (Lipinski definition) is 3. The lowest BCUT2D eigenvalue weighted by atomic mass is 10.2. The normalized spacial score (nSPS) is 11.0. The van der Waals surface area contributed by atoms with Gasteiger partial charge in [0.15, 0.2) is 0 Å². The second kappa shape index (κ2) is 10.6. The van der Waals surface area contributed by atoms with Crippen molar-refractivity contribution in [1.29, 1.82) is 0 Å². The summed E-state index contributed by atoms with van der Waals surface area (Å²) in [4.78, 5) is 16.5. The summed E-state index contributed by atoms with van der Waals surface area (Å²) in [6.45, 7) is 6.31. The van der Waals surface area contributed by atoms with Crippen molar-refractivity contribution in [3.05, 3.63) is 59.9 Å². The van der Waals surface area contributed by atoms with Crippen LogP contribution >= 0.6 is 0 Å². The number of carbonyl (C=O) groups is 1. The van der Waals surface area contributed by atoms with Crippen LogP contribution < -0.4 is 10.1 Å². The van der Waals surface area contributed by atoms with Crippen molar-refractivity contribution in [3.8, 4) is 5.75 Å². The molecule has 0 aliphatic carbocycles. The average Bonchev–Trinajstić information content (AvgIpc) is 3.07. The van der Waals surface area contributed by atoms with Crippen LogP contribution in [-0.4, -0.2) is 28.6 Å². The number of ether oxygens (including phenoxy) is 1. The third kappa shape index (κ3) is 5.83. The Hall–Kier alpha value is -2.82. The number of nitrogens with one attached hydrogen (secondary N) is 1. The number of para-hydroxylation sites is 3. The van der Waals surface area contributed by atoms with E-state index < -0.39 is 0 Å². The molecule has 1 amide bonds. The van der Waals surface area contributed by atoms with Crippen molar-refractivity contribution in [2.75, 3.05) is 13.2 Å². The molecule has 0 aliphatic rings. The van der Waals surface area contributed by atoms with Crippen molar-refractivity contribution in [1.82, 2.24) is 14.9 Å². The van der Waals surface area contributed by atoms with Gasteiger partial charge in [-0.1, -0.05) is 37.3 Å². The summed E-state index contributed by atoms with van der Waals surface area (Å²) in [6.07, 6.45) is 4.12. The van der Waals surface area contributed by atoms with Crippen molar-refractivity contribution in [2.24, 2.45) is 0 Å². The predicted molar refractivity (Wildman–Crippen MR) is 117 cm³/mol. The maximum atomic E-state index is 11.6. The lowest BCUT2D eigenvalue weighted by molar-refractivity contribution is -0.121. The highest BCUT2D eigenvalue weighted by molar-refractivity contribution is 5.76. The fourth-order valence-electron chi connectivity index (χ4n) is 3.48. The van der Waals surface area contributed by atoms with E-state index in [9.17, 15) is 4.79 Å². The van der Waals surface area contributed by atoms with Crippen LogP contribution in [0.3, 0.4) is 0 Å². The molecule has 0 saturated heterocycles. The Balaban J connectivity index is 1.58. The molecule has 0 bridgehead atoms. The Bertz CT molecular complexity index is 933. The zero-order valence-corrected chi connectivity index (χ0v) is 17.5. The van der Waals surface area contributed by atoms with Gasteiger partial charge in [0.05, 0.1) is 17.6 Å². The van der Waals surface area contributed by atoms with Gasteiger partial charge in [0, 0.05) is 25.9 Å². The number of imidazole rings is 1. The molecule has 2 aromatic carbocycles. The van der Waals surface area contributed by atoms with Gasteiger partial charge in [-0.05, 0) is 49.9 Å². The number of carbonyl (C=O) groups excluding carboxylic acids is 1. The van der Waals surface area contributed by atoms with E-state index in [-0.39, 0.29) is 5.91 Å². The quantitative estimate of drug-likeness (QED) is 0.482. The molecule has 1 heterocycles. The second-order valence-corrected chi connectivity index (χ2v) is 7.34. The van der Waals surface area contributed by atoms with E-state index in [1.807, 2.05) is 31.2 Å². The van der Waals surface area contributed by atoms with Gasteiger partial charge in [-0.15, -0.1) is 0 Å². The molecule has 3 aromatic rings. The largest absolute Gasteiger partial charge is 0.493 e. The molecule has 0 saturated carbocycles. The Labute approximate surface area is 173 Å². The van der Waals surface area contributed by atoms with Crippen molar-refractivity contribution < 1.29 is 9.53 Å². The minimum absolute atomic E-state index is 0.134. The third-order valence-corrected chi connectivity index (χ3v) is 4.99. The van der Waals surface area contributed by atoms with Crippen LogP contribution in [0.1, 0.15) is 44.0 Å². The highest BCUT2D eigenvalue weighted by Gasteiger charge is 2.10. The molecule has 29 heavy (non-hydrogen) atoms. The standard InChI is InChI=1S/C24H31N3O2/c1-3-10-24(28)25-16-8-15-23-26-20-12-5-6-13-21(20)27(23)17-9-18-29-22-14-7-4-11-19(22)2/h4-7,11-14H,3,8-10,15-18H2,1-2H3,(H,25,28). The number of aromatic nitrogens is 2. The number of benzene rings is 2. The number of amides is 1. The van der Waals surface area contributed by atoms with Gasteiger partial charge in [0.25, 0.3) is 0 Å². The summed E-state index contributed by atoms with van der Waals surface area (Å²) >= 11 is 0. The summed E-state index contributed by atoms with van der Waals surface area (Å²) in [5.41, 5.74) is 3.34. The highest BCUT2D eigenvalue weighted by atomic mass is 16.5. The summed E-state index contributed by atoms with van der Waals surface area (Å²) in [5.74, 6) is 2.16. The van der Waals surface area contributed by atoms with Gasteiger partial charge < -0.3 is 14.6 Å². The fraction of sp³-hybridized carbons (Fsp3) is 0.417. The summed E-state index contributed by atoms with van der Waals surface area (Å²) in [5, 5.41) is 2.99. The van der Waals surface area contributed by atoms with Crippen LogP contribution in [0.2, 0.25) is 0 Å². The molecule has 0 radical (unpaired) electrons. The SMILES string of the molecule is CCCC(=O)NCCCc1nc2ccccc2n1CCCOc1ccccc1C. The van der Waals surface area contributed by atoms with Crippen LogP contribution in [0, 0.1) is 6.92 Å². The molecule has 154 valence electrons. The van der Waals surface area contributed by atoms with E-state index >= 15 is 0 Å². The smallest absolute Gasteiger partial charge is 0.219 e. The molecule has 1 aromatic heterocycles. The summed E-state index contributed by atoms with van der Waals surface area (Å²) in [7, 11) is 0. The molecule has 1 N–H and O–H groups in total. The lowest BCUT2D eigenvalue weighted by Crippen LogP contribution is -2.24. The van der Waals surface area contributed by atoms with E-state index in [2.05, 4.69) is 41.1 Å². The van der Waals surface area contributed by atoms with Crippen molar-refractivity contribution in [3.63, 3.8) is 0 Å². The van der Waals surface area contributed by atoms with Gasteiger partial charge >= 0.3 is 0 Å². The van der Waals surface area contributed by atoms with Gasteiger partial charge in [-0.3, -0.25) is 4.79 Å². The molecule has 0 atom stereocenters. The van der Waals surface area contributed by atoms with E-state index in [1.165, 1.54) is 0 Å². The highest BCUT2D eigenvalue weighted by Crippen LogP contribution is 2.19. The molecule has 0 aliphatic heterocycles. The molecule has 3 rings (SSSR count). The predicted octanol–water partition coefficient (Wildman–Crippen LogP) is 4.66. The Morgan fingerprint density at radius 2 is 1.90 bits per heavy atom. The molecular formula is C24H31N3O2. The molecular weight excluding hydrogens is 362 g/mol. The van der Waals surface area contributed by atoms with Crippen LogP contribution in [0.25, 0.3) is 11.0 Å². The number of fused-ring (bicyclic) bond motifs is 1. The molecule has 5 heteroatoms. The lowest BCUT2D eigenvalue weighted by Gasteiger charge is -2.12. The van der Waals surface area contributed by atoms with E-state index in [0.29, 0.717) is 19.6 Å². The van der Waals surface area contributed by atoms with E-state index in [0.717, 1.165) is 60.4 Å². The molecule has 0 fully saturated rings. The molecule has 0 unspecified atom stereocenters. The minimum atomic E-state index is 0.134. The van der Waals surface area contributed by atoms with Crippen LogP contribution in [0.15, 0.2) is 48.5 Å². The summed E-state index contributed by atoms with van der Waals surface area (Å²) < 4.78 is 8.25. The van der Waals surface area contributed by atoms with Gasteiger partial charge in [0.2, 0.25) is 5.91 Å². The van der Waals surface area contributed by atoms with Crippen LogP contribution in [0.5, 0.6) is 5.75 Å². The van der Waals surface area contributed by atoms with Gasteiger partial charge in [-0.2, -0.15) is 0 Å². The van der Waals surface area contributed by atoms with Crippen LogP contribution in [-0.2, 0) is 17.8 Å². The first-order valence-corrected chi connectivity index (χ1v) is 10.6. The Morgan fingerprint density at radius 1 is 1.10 bits per heavy atom. The summed E-state index contributed by atoms with van der Waals surface area (Å²) in [6, 6.07) is 16.4. The number of aryl methyl sites for hydroxylation is 3. The maximum Gasteiger partial charge on any atom is 0.219 e. The molecule has 5 nitrogen and oxygen atoms in total. The average molecular weight is 394 g/mol. The van der Waals surface area contributed by atoms with Crippen molar-refractivity contribution >= 4 is 16.9 Å².